The Kier molecular flexibility index (Phi) is 8.31. The van der Waals surface area contributed by atoms with E-state index in [1.165, 1.54) is 126 Å². The van der Waals surface area contributed by atoms with Gasteiger partial charge in [-0.3, -0.25) is 0 Å². The van der Waals surface area contributed by atoms with Crippen molar-refractivity contribution in [1.82, 2.24) is 4.57 Å². The van der Waals surface area contributed by atoms with E-state index in [-0.39, 0.29) is 5.41 Å². The number of fused-ring (bicyclic) bond motifs is 13. The maximum atomic E-state index is 2.71. The first-order valence-corrected chi connectivity index (χ1v) is 26.1. The Hall–Kier alpha value is -7.94. The van der Waals surface area contributed by atoms with E-state index in [2.05, 4.69) is 240 Å². The molecule has 6 aliphatic carbocycles. The molecule has 4 fully saturated rings. The molecule has 0 unspecified atom stereocenters. The van der Waals surface area contributed by atoms with Crippen molar-refractivity contribution in [3.8, 4) is 27.9 Å². The van der Waals surface area contributed by atoms with Gasteiger partial charge in [-0.05, 0) is 171 Å². The standard InChI is InChI=1S/C69H52N2/c1-2-16-54-48(14-1)15-13-27-65(54)70(51-32-28-46(29-33-51)47-30-34-52(35-31-47)71-66-25-11-5-19-57(66)58-20-6-12-26-67(58)71)53-36-37-63-64(43-53)68(49-39-44-38-45(41-49)42-50(68)40-44)61-23-9-10-24-62(61)69(63)59-21-7-3-17-55(59)56-18-4-8-22-60(56)69/h1-37,43-45,49-50H,38-42H2. The molecule has 2 heteroatoms. The van der Waals surface area contributed by atoms with Crippen LogP contribution < -0.4 is 4.90 Å². The topological polar surface area (TPSA) is 8.17 Å². The number of para-hydroxylation sites is 2. The third kappa shape index (κ3) is 5.32. The number of nitrogens with zero attached hydrogens (tertiary/aromatic N) is 2. The molecule has 1 aromatic heterocycles. The van der Waals surface area contributed by atoms with E-state index in [1.807, 2.05) is 0 Å². The maximum Gasteiger partial charge on any atom is 0.0719 e. The predicted molar refractivity (Wildman–Crippen MR) is 294 cm³/mol. The quantitative estimate of drug-likeness (QED) is 0.167. The smallest absolute Gasteiger partial charge is 0.0719 e. The molecule has 17 rings (SSSR count). The first kappa shape index (κ1) is 39.9. The van der Waals surface area contributed by atoms with Gasteiger partial charge in [0.1, 0.15) is 0 Å². The molecule has 0 amide bonds. The zero-order valence-corrected chi connectivity index (χ0v) is 39.7. The average Bonchev–Trinajstić information content (AvgIpc) is 3.92. The molecule has 4 saturated carbocycles. The maximum absolute atomic E-state index is 2.71. The van der Waals surface area contributed by atoms with Gasteiger partial charge < -0.3 is 9.47 Å². The van der Waals surface area contributed by atoms with Gasteiger partial charge in [-0.1, -0.05) is 176 Å². The van der Waals surface area contributed by atoms with E-state index in [4.69, 9.17) is 0 Å². The monoisotopic (exact) mass is 908 g/mol. The van der Waals surface area contributed by atoms with Crippen molar-refractivity contribution in [2.24, 2.45) is 23.7 Å². The molecule has 0 saturated heterocycles. The molecule has 2 spiro atoms. The number of hydrogen-bond donors (Lipinski definition) is 0. The minimum atomic E-state index is -0.416. The first-order chi connectivity index (χ1) is 35.2. The summed E-state index contributed by atoms with van der Waals surface area (Å²) in [6.45, 7) is 0. The van der Waals surface area contributed by atoms with Crippen molar-refractivity contribution in [2.75, 3.05) is 4.90 Å². The number of aromatic nitrogens is 1. The van der Waals surface area contributed by atoms with Gasteiger partial charge in [0.25, 0.3) is 0 Å². The summed E-state index contributed by atoms with van der Waals surface area (Å²) in [5.41, 5.74) is 20.9. The van der Waals surface area contributed by atoms with Gasteiger partial charge in [-0.2, -0.15) is 0 Å². The lowest BCUT2D eigenvalue weighted by Gasteiger charge is -2.65. The van der Waals surface area contributed by atoms with Gasteiger partial charge >= 0.3 is 0 Å². The van der Waals surface area contributed by atoms with Crippen LogP contribution in [0.25, 0.3) is 60.5 Å². The molecule has 4 bridgehead atoms. The Labute approximate surface area is 415 Å². The van der Waals surface area contributed by atoms with Crippen LogP contribution >= 0.6 is 0 Å². The molecule has 10 aromatic carbocycles. The van der Waals surface area contributed by atoms with E-state index in [0.717, 1.165) is 17.5 Å². The molecular formula is C69H52N2. The number of rotatable bonds is 5. The highest BCUT2D eigenvalue weighted by atomic mass is 15.1. The Balaban J connectivity index is 0.890. The molecule has 0 radical (unpaired) electrons. The fourth-order valence-electron chi connectivity index (χ4n) is 16.1. The van der Waals surface area contributed by atoms with E-state index in [1.54, 1.807) is 11.1 Å². The highest BCUT2D eigenvalue weighted by molar-refractivity contribution is 6.09. The summed E-state index contributed by atoms with van der Waals surface area (Å²) in [6, 6.07) is 88.1. The summed E-state index contributed by atoms with van der Waals surface area (Å²) < 4.78 is 2.40. The SMILES string of the molecule is c1ccc2c(c1)-c1ccccc1C21c2ccccc2C2(c3cc(N(c4ccc(-c5ccc(-n6c7ccccc7c7ccccc76)cc5)cc4)c4cccc5ccccc45)ccc31)C1CC3CC(C1)CC2C3. The van der Waals surface area contributed by atoms with Crippen molar-refractivity contribution in [1.29, 1.82) is 0 Å². The fraction of sp³-hybridized carbons (Fsp3) is 0.159. The first-order valence-electron chi connectivity index (χ1n) is 26.1. The highest BCUT2D eigenvalue weighted by Gasteiger charge is 2.64. The lowest BCUT2D eigenvalue weighted by molar-refractivity contribution is -0.0440. The van der Waals surface area contributed by atoms with E-state index >= 15 is 0 Å². The molecule has 2 nitrogen and oxygen atoms in total. The minimum Gasteiger partial charge on any atom is -0.310 e. The molecule has 338 valence electrons. The van der Waals surface area contributed by atoms with E-state index < -0.39 is 5.41 Å². The summed E-state index contributed by atoms with van der Waals surface area (Å²) in [6.07, 6.45) is 6.76. The fourth-order valence-corrected chi connectivity index (χ4v) is 16.1. The lowest BCUT2D eigenvalue weighted by Crippen LogP contribution is -2.59. The van der Waals surface area contributed by atoms with Crippen molar-refractivity contribution in [3.63, 3.8) is 0 Å². The minimum absolute atomic E-state index is 0.0627. The van der Waals surface area contributed by atoms with Gasteiger partial charge in [0.15, 0.2) is 0 Å². The van der Waals surface area contributed by atoms with Crippen LogP contribution in [0.15, 0.2) is 231 Å². The van der Waals surface area contributed by atoms with Crippen LogP contribution in [-0.4, -0.2) is 4.57 Å². The average molecular weight is 909 g/mol. The predicted octanol–water partition coefficient (Wildman–Crippen LogP) is 17.5. The van der Waals surface area contributed by atoms with Gasteiger partial charge in [-0.15, -0.1) is 0 Å². The van der Waals surface area contributed by atoms with Crippen LogP contribution in [-0.2, 0) is 10.8 Å². The summed E-state index contributed by atoms with van der Waals surface area (Å²) in [5, 5.41) is 5.06. The van der Waals surface area contributed by atoms with Gasteiger partial charge in [-0.25, -0.2) is 0 Å². The third-order valence-electron chi connectivity index (χ3n) is 18.4. The Bertz CT molecular complexity index is 3830. The molecule has 1 heterocycles. The highest BCUT2D eigenvalue weighted by Crippen LogP contribution is 2.71. The summed E-state index contributed by atoms with van der Waals surface area (Å²) in [5.74, 6) is 2.93. The van der Waals surface area contributed by atoms with Crippen molar-refractivity contribution >= 4 is 49.6 Å². The largest absolute Gasteiger partial charge is 0.310 e. The molecule has 0 aliphatic heterocycles. The van der Waals surface area contributed by atoms with Crippen LogP contribution in [0.3, 0.4) is 0 Å². The zero-order chi connectivity index (χ0) is 46.4. The third-order valence-corrected chi connectivity index (χ3v) is 18.4. The van der Waals surface area contributed by atoms with Crippen molar-refractivity contribution in [3.05, 3.63) is 264 Å². The summed E-state index contributed by atoms with van der Waals surface area (Å²) >= 11 is 0. The number of benzene rings is 10. The van der Waals surface area contributed by atoms with Crippen LogP contribution in [0.5, 0.6) is 0 Å². The second-order valence-corrected chi connectivity index (χ2v) is 21.6. The Morgan fingerprint density at radius 3 is 1.51 bits per heavy atom. The summed E-state index contributed by atoms with van der Waals surface area (Å²) in [7, 11) is 0. The van der Waals surface area contributed by atoms with E-state index in [0.29, 0.717) is 11.8 Å². The normalized spacial score (nSPS) is 21.7. The van der Waals surface area contributed by atoms with Crippen LogP contribution in [0.4, 0.5) is 17.1 Å². The second-order valence-electron chi connectivity index (χ2n) is 21.6. The molecule has 11 aromatic rings. The molecule has 6 aliphatic rings. The zero-order valence-electron chi connectivity index (χ0n) is 39.7. The van der Waals surface area contributed by atoms with Gasteiger partial charge in [0.2, 0.25) is 0 Å². The number of hydrogen-bond acceptors (Lipinski definition) is 1. The summed E-state index contributed by atoms with van der Waals surface area (Å²) in [4.78, 5) is 2.57. The Morgan fingerprint density at radius 1 is 0.366 bits per heavy atom. The Morgan fingerprint density at radius 2 is 0.859 bits per heavy atom. The van der Waals surface area contributed by atoms with Crippen LogP contribution in [0.1, 0.15) is 65.5 Å². The van der Waals surface area contributed by atoms with Crippen LogP contribution in [0.2, 0.25) is 0 Å². The molecule has 0 atom stereocenters. The van der Waals surface area contributed by atoms with Crippen LogP contribution in [0, 0.1) is 23.7 Å². The number of anilines is 3. The van der Waals surface area contributed by atoms with Gasteiger partial charge in [0.05, 0.1) is 22.1 Å². The van der Waals surface area contributed by atoms with Crippen molar-refractivity contribution in [2.45, 2.75) is 42.9 Å². The van der Waals surface area contributed by atoms with Gasteiger partial charge in [0, 0.05) is 38.6 Å². The molecule has 71 heavy (non-hydrogen) atoms. The van der Waals surface area contributed by atoms with E-state index in [9.17, 15) is 0 Å². The molecular weight excluding hydrogens is 857 g/mol. The second kappa shape index (κ2) is 14.8. The lowest BCUT2D eigenvalue weighted by atomic mass is 9.38. The van der Waals surface area contributed by atoms with Crippen molar-refractivity contribution < 1.29 is 0 Å². The molecule has 0 N–H and O–H groups in total.